The number of primary amides is 1. The quantitative estimate of drug-likeness (QED) is 0.805. The number of carbonyl (C=O) groups excluding carboxylic acids is 3. The molecule has 0 saturated heterocycles. The summed E-state index contributed by atoms with van der Waals surface area (Å²) in [7, 11) is 0. The van der Waals surface area contributed by atoms with Gasteiger partial charge in [0, 0.05) is 23.9 Å². The molecule has 2 aromatic rings. The van der Waals surface area contributed by atoms with E-state index in [1.54, 1.807) is 12.1 Å². The molecule has 0 aliphatic heterocycles. The zero-order valence-corrected chi connectivity index (χ0v) is 12.2. The van der Waals surface area contributed by atoms with Crippen LogP contribution in [-0.2, 0) is 4.79 Å². The number of rotatable bonds is 4. The van der Waals surface area contributed by atoms with Crippen LogP contribution < -0.4 is 16.4 Å². The first-order valence-electron chi connectivity index (χ1n) is 6.65. The average Bonchev–Trinajstić information content (AvgIpc) is 2.49. The van der Waals surface area contributed by atoms with Gasteiger partial charge in [-0.1, -0.05) is 0 Å². The number of halogens is 1. The molecule has 0 aliphatic carbocycles. The Labute approximate surface area is 131 Å². The lowest BCUT2D eigenvalue weighted by atomic mass is 10.1. The molecule has 0 unspecified atom stereocenters. The highest BCUT2D eigenvalue weighted by molar-refractivity contribution is 6.05. The van der Waals surface area contributed by atoms with E-state index in [9.17, 15) is 18.8 Å². The van der Waals surface area contributed by atoms with E-state index in [0.29, 0.717) is 11.3 Å². The third kappa shape index (κ3) is 4.13. The van der Waals surface area contributed by atoms with Crippen molar-refractivity contribution in [2.24, 2.45) is 5.73 Å². The smallest absolute Gasteiger partial charge is 0.255 e. The Morgan fingerprint density at radius 2 is 1.57 bits per heavy atom. The Kier molecular flexibility index (Phi) is 4.70. The third-order valence-electron chi connectivity index (χ3n) is 2.96. The van der Waals surface area contributed by atoms with Crippen molar-refractivity contribution >= 4 is 29.1 Å². The Morgan fingerprint density at radius 1 is 0.957 bits per heavy atom. The van der Waals surface area contributed by atoms with Crippen molar-refractivity contribution in [2.75, 3.05) is 10.6 Å². The monoisotopic (exact) mass is 315 g/mol. The highest BCUT2D eigenvalue weighted by Gasteiger charge is 2.11. The summed E-state index contributed by atoms with van der Waals surface area (Å²) >= 11 is 0. The molecule has 6 nitrogen and oxygen atoms in total. The van der Waals surface area contributed by atoms with Crippen molar-refractivity contribution in [3.05, 3.63) is 59.4 Å². The zero-order chi connectivity index (χ0) is 17.0. The SMILES string of the molecule is CC(=O)Nc1ccc(C(=O)Nc2ccc(F)c(C(N)=O)c2)cc1. The second-order valence-electron chi connectivity index (χ2n) is 4.77. The second-order valence-corrected chi connectivity index (χ2v) is 4.77. The summed E-state index contributed by atoms with van der Waals surface area (Å²) in [6, 6.07) is 9.76. The fourth-order valence-corrected chi connectivity index (χ4v) is 1.90. The molecule has 0 atom stereocenters. The first-order valence-corrected chi connectivity index (χ1v) is 6.65. The van der Waals surface area contributed by atoms with Crippen molar-refractivity contribution in [1.82, 2.24) is 0 Å². The summed E-state index contributed by atoms with van der Waals surface area (Å²) in [6.45, 7) is 1.38. The van der Waals surface area contributed by atoms with Gasteiger partial charge in [-0.3, -0.25) is 14.4 Å². The Morgan fingerprint density at radius 3 is 2.13 bits per heavy atom. The largest absolute Gasteiger partial charge is 0.366 e. The molecule has 7 heteroatoms. The van der Waals surface area contributed by atoms with E-state index in [-0.39, 0.29) is 17.2 Å². The Balaban J connectivity index is 2.14. The van der Waals surface area contributed by atoms with E-state index in [1.165, 1.54) is 31.2 Å². The maximum Gasteiger partial charge on any atom is 0.255 e. The summed E-state index contributed by atoms with van der Waals surface area (Å²) in [5, 5.41) is 5.12. The molecule has 0 bridgehead atoms. The van der Waals surface area contributed by atoms with Crippen LogP contribution in [0.5, 0.6) is 0 Å². The lowest BCUT2D eigenvalue weighted by molar-refractivity contribution is -0.114. The number of hydrogen-bond donors (Lipinski definition) is 3. The van der Waals surface area contributed by atoms with Crippen molar-refractivity contribution in [3.8, 4) is 0 Å². The Bertz CT molecular complexity index is 773. The molecular weight excluding hydrogens is 301 g/mol. The summed E-state index contributed by atoms with van der Waals surface area (Å²) in [5.74, 6) is -2.33. The molecule has 0 radical (unpaired) electrons. The van der Waals surface area contributed by atoms with E-state index in [2.05, 4.69) is 10.6 Å². The predicted octanol–water partition coefficient (Wildman–Crippen LogP) is 2.14. The molecule has 3 amide bonds. The number of anilines is 2. The van der Waals surface area contributed by atoms with Gasteiger partial charge in [0.1, 0.15) is 5.82 Å². The fraction of sp³-hybridized carbons (Fsp3) is 0.0625. The second kappa shape index (κ2) is 6.69. The summed E-state index contributed by atoms with van der Waals surface area (Å²) < 4.78 is 13.4. The van der Waals surface area contributed by atoms with E-state index >= 15 is 0 Å². The molecule has 23 heavy (non-hydrogen) atoms. The minimum absolute atomic E-state index is 0.215. The normalized spacial score (nSPS) is 10.0. The predicted molar refractivity (Wildman–Crippen MR) is 83.6 cm³/mol. The fourth-order valence-electron chi connectivity index (χ4n) is 1.90. The number of nitrogens with one attached hydrogen (secondary N) is 2. The van der Waals surface area contributed by atoms with Gasteiger partial charge >= 0.3 is 0 Å². The first-order chi connectivity index (χ1) is 10.9. The first kappa shape index (κ1) is 16.2. The summed E-state index contributed by atoms with van der Waals surface area (Å²) in [5.41, 5.74) is 5.90. The standard InChI is InChI=1S/C16H14FN3O3/c1-9(21)19-11-4-2-10(3-5-11)16(23)20-12-6-7-14(17)13(8-12)15(18)22/h2-8H,1H3,(H2,18,22)(H,19,21)(H,20,23). The molecule has 0 aliphatic rings. The number of carbonyl (C=O) groups is 3. The van der Waals surface area contributed by atoms with Crippen LogP contribution in [0.2, 0.25) is 0 Å². The van der Waals surface area contributed by atoms with Gasteiger partial charge in [-0.25, -0.2) is 4.39 Å². The number of hydrogen-bond acceptors (Lipinski definition) is 3. The lowest BCUT2D eigenvalue weighted by Crippen LogP contribution is -2.16. The van der Waals surface area contributed by atoms with E-state index in [0.717, 1.165) is 6.07 Å². The molecule has 0 aromatic heterocycles. The molecule has 4 N–H and O–H groups in total. The highest BCUT2D eigenvalue weighted by atomic mass is 19.1. The molecule has 2 aromatic carbocycles. The van der Waals surface area contributed by atoms with Gasteiger partial charge in [0.25, 0.3) is 11.8 Å². The van der Waals surface area contributed by atoms with Gasteiger partial charge in [0.2, 0.25) is 5.91 Å². The van der Waals surface area contributed by atoms with Crippen LogP contribution in [0.1, 0.15) is 27.6 Å². The van der Waals surface area contributed by atoms with Crippen LogP contribution in [0, 0.1) is 5.82 Å². The highest BCUT2D eigenvalue weighted by Crippen LogP contribution is 2.16. The maximum atomic E-state index is 13.4. The lowest BCUT2D eigenvalue weighted by Gasteiger charge is -2.08. The van der Waals surface area contributed by atoms with Crippen LogP contribution in [0.15, 0.2) is 42.5 Å². The van der Waals surface area contributed by atoms with Gasteiger partial charge in [0.15, 0.2) is 0 Å². The number of amides is 3. The van der Waals surface area contributed by atoms with Gasteiger partial charge < -0.3 is 16.4 Å². The van der Waals surface area contributed by atoms with Crippen LogP contribution in [0.3, 0.4) is 0 Å². The molecular formula is C16H14FN3O3. The molecule has 0 heterocycles. The van der Waals surface area contributed by atoms with Crippen molar-refractivity contribution in [2.45, 2.75) is 6.92 Å². The average molecular weight is 315 g/mol. The molecule has 118 valence electrons. The summed E-state index contributed by atoms with van der Waals surface area (Å²) in [4.78, 5) is 34.1. The van der Waals surface area contributed by atoms with E-state index in [4.69, 9.17) is 5.73 Å². The van der Waals surface area contributed by atoms with Gasteiger partial charge in [-0.2, -0.15) is 0 Å². The van der Waals surface area contributed by atoms with Gasteiger partial charge in [0.05, 0.1) is 5.56 Å². The van der Waals surface area contributed by atoms with Crippen molar-refractivity contribution in [3.63, 3.8) is 0 Å². The third-order valence-corrected chi connectivity index (χ3v) is 2.96. The maximum absolute atomic E-state index is 13.4. The summed E-state index contributed by atoms with van der Waals surface area (Å²) in [6.07, 6.45) is 0. The number of nitrogens with two attached hydrogens (primary N) is 1. The van der Waals surface area contributed by atoms with Crippen molar-refractivity contribution < 1.29 is 18.8 Å². The van der Waals surface area contributed by atoms with Gasteiger partial charge in [-0.15, -0.1) is 0 Å². The topological polar surface area (TPSA) is 101 Å². The van der Waals surface area contributed by atoms with Crippen LogP contribution in [0.25, 0.3) is 0 Å². The van der Waals surface area contributed by atoms with Crippen molar-refractivity contribution in [1.29, 1.82) is 0 Å². The Hall–Kier alpha value is -3.22. The minimum Gasteiger partial charge on any atom is -0.366 e. The van der Waals surface area contributed by atoms with Crippen LogP contribution >= 0.6 is 0 Å². The molecule has 0 spiro atoms. The zero-order valence-electron chi connectivity index (χ0n) is 12.2. The molecule has 0 fully saturated rings. The van der Waals surface area contributed by atoms with Crippen LogP contribution in [0.4, 0.5) is 15.8 Å². The van der Waals surface area contributed by atoms with E-state index < -0.39 is 17.6 Å². The van der Waals surface area contributed by atoms with Gasteiger partial charge in [-0.05, 0) is 42.5 Å². The molecule has 0 saturated carbocycles. The molecule has 2 rings (SSSR count). The van der Waals surface area contributed by atoms with Crippen LogP contribution in [-0.4, -0.2) is 17.7 Å². The van der Waals surface area contributed by atoms with E-state index in [1.807, 2.05) is 0 Å². The number of benzene rings is 2. The minimum atomic E-state index is -0.918.